The zero-order valence-corrected chi connectivity index (χ0v) is 55.1. The normalized spacial score (nSPS) is 18.4. The van der Waals surface area contributed by atoms with Crippen LogP contribution in [0.5, 0.6) is 0 Å². The quantitative estimate of drug-likeness (QED) is 0.0193. The number of carbonyl (C=O) groups excluding carboxylic acids is 1. The molecule has 83 heavy (non-hydrogen) atoms. The van der Waals surface area contributed by atoms with Crippen LogP contribution in [0.25, 0.3) is 0 Å². The zero-order chi connectivity index (χ0) is 60.4. The van der Waals surface area contributed by atoms with Crippen molar-refractivity contribution in [3.63, 3.8) is 0 Å². The van der Waals surface area contributed by atoms with E-state index < -0.39 is 59.9 Å². The number of aliphatic hydroxyl groups is 4. The molecule has 0 aliphatic carbocycles. The first-order chi connectivity index (χ1) is 40.5. The second-order valence-electron chi connectivity index (χ2n) is 25.5. The minimum atomic E-state index is -5.09. The highest BCUT2D eigenvalue weighted by Gasteiger charge is 2.48. The van der Waals surface area contributed by atoms with Crippen molar-refractivity contribution in [3.8, 4) is 0 Å². The third-order valence-electron chi connectivity index (χ3n) is 17.6. The van der Waals surface area contributed by atoms with Crippen molar-refractivity contribution < 1.29 is 51.8 Å². The van der Waals surface area contributed by atoms with Crippen LogP contribution < -0.4 is 5.32 Å². The van der Waals surface area contributed by atoms with Crippen LogP contribution in [0.2, 0.25) is 0 Å². The number of aliphatic hydroxyl groups excluding tert-OH is 4. The van der Waals surface area contributed by atoms with E-state index in [0.29, 0.717) is 6.42 Å². The Bertz CT molecular complexity index is 1500. The maximum Gasteiger partial charge on any atom is 0.397 e. The number of allylic oxidation sites excluding steroid dienone is 1. The summed E-state index contributed by atoms with van der Waals surface area (Å²) in [5, 5.41) is 45.2. The molecule has 0 radical (unpaired) electrons. The summed E-state index contributed by atoms with van der Waals surface area (Å²) < 4.78 is 48.1. The largest absolute Gasteiger partial charge is 0.397 e. The topological polar surface area (TPSA) is 192 Å². The van der Waals surface area contributed by atoms with Gasteiger partial charge in [0.15, 0.2) is 6.29 Å². The lowest BCUT2D eigenvalue weighted by molar-refractivity contribution is -0.298. The molecule has 1 rings (SSSR count). The number of hydrogen-bond acceptors (Lipinski definition) is 10. The van der Waals surface area contributed by atoms with Crippen LogP contribution in [0.15, 0.2) is 12.2 Å². The average molecular weight is 1200 g/mol. The van der Waals surface area contributed by atoms with Crippen molar-refractivity contribution in [2.24, 2.45) is 0 Å². The minimum Gasteiger partial charge on any atom is -0.394 e. The van der Waals surface area contributed by atoms with Crippen LogP contribution in [-0.4, -0.2) is 95.4 Å². The first-order valence-electron chi connectivity index (χ1n) is 36.1. The van der Waals surface area contributed by atoms with Gasteiger partial charge in [0.25, 0.3) is 0 Å². The zero-order valence-electron chi connectivity index (χ0n) is 54.3. The van der Waals surface area contributed by atoms with E-state index in [1.807, 2.05) is 6.08 Å². The number of unbranched alkanes of at least 4 members (excludes halogenated alkanes) is 53. The third-order valence-corrected chi connectivity index (χ3v) is 18.0. The summed E-state index contributed by atoms with van der Waals surface area (Å²) in [6, 6.07) is -0.942. The van der Waals surface area contributed by atoms with E-state index in [9.17, 15) is 38.2 Å². The van der Waals surface area contributed by atoms with Gasteiger partial charge < -0.3 is 35.2 Å². The van der Waals surface area contributed by atoms with Crippen molar-refractivity contribution in [1.29, 1.82) is 0 Å². The van der Waals surface area contributed by atoms with Gasteiger partial charge in [-0.1, -0.05) is 360 Å². The van der Waals surface area contributed by atoms with Gasteiger partial charge in [-0.2, -0.15) is 8.42 Å². The summed E-state index contributed by atoms with van der Waals surface area (Å²) in [6.07, 6.45) is 67.3. The standard InChI is InChI=1S/C70H137NO11S/c1-3-5-7-9-11-13-15-17-19-21-23-25-27-29-30-31-32-33-34-35-36-38-40-42-44-46-48-50-52-54-56-58-60-66(74)71-63(62-80-70-68(76)69(82-83(77,78)79)67(75)65(61-72)81-70)64(73)59-57-55-53-51-49-47-45-43-41-39-37-28-26-24-22-20-18-16-14-12-10-8-6-4-2/h57,59,63-65,67-70,72-73,75-76H,3-56,58,60-62H2,1-2H3,(H,71,74)(H,77,78,79)/b59-57+. The fourth-order valence-electron chi connectivity index (χ4n) is 12.1. The number of hydrogen-bond donors (Lipinski definition) is 6. The van der Waals surface area contributed by atoms with Gasteiger partial charge in [0.05, 0.1) is 25.4 Å². The van der Waals surface area contributed by atoms with Gasteiger partial charge in [-0.3, -0.25) is 9.35 Å². The second-order valence-corrected chi connectivity index (χ2v) is 26.6. The van der Waals surface area contributed by atoms with Crippen LogP contribution in [0.1, 0.15) is 373 Å². The molecule has 1 fully saturated rings. The molecule has 1 aliphatic rings. The van der Waals surface area contributed by atoms with Crippen LogP contribution in [-0.2, 0) is 28.9 Å². The predicted molar refractivity (Wildman–Crippen MR) is 347 cm³/mol. The molecule has 0 aromatic heterocycles. The van der Waals surface area contributed by atoms with Gasteiger partial charge in [0, 0.05) is 6.42 Å². The maximum absolute atomic E-state index is 13.2. The second kappa shape index (κ2) is 59.8. The van der Waals surface area contributed by atoms with E-state index >= 15 is 0 Å². The highest BCUT2D eigenvalue weighted by Crippen LogP contribution is 2.27. The molecular formula is C70H137NO11S. The molecule has 12 nitrogen and oxygen atoms in total. The van der Waals surface area contributed by atoms with Crippen molar-refractivity contribution in [3.05, 3.63) is 12.2 Å². The first-order valence-corrected chi connectivity index (χ1v) is 37.4. The van der Waals surface area contributed by atoms with E-state index in [-0.39, 0.29) is 18.9 Å². The number of nitrogens with one attached hydrogen (secondary N) is 1. The molecule has 0 aromatic carbocycles. The third kappa shape index (κ3) is 51.4. The maximum atomic E-state index is 13.2. The van der Waals surface area contributed by atoms with Gasteiger partial charge in [-0.15, -0.1) is 0 Å². The van der Waals surface area contributed by atoms with Crippen LogP contribution in [0.3, 0.4) is 0 Å². The number of carbonyl (C=O) groups is 1. The Labute approximate surface area is 512 Å². The lowest BCUT2D eigenvalue weighted by Crippen LogP contribution is -2.61. The molecule has 7 unspecified atom stereocenters. The van der Waals surface area contributed by atoms with Crippen molar-refractivity contribution in [1.82, 2.24) is 5.32 Å². The van der Waals surface area contributed by atoms with Crippen LogP contribution >= 0.6 is 0 Å². The van der Waals surface area contributed by atoms with E-state index in [4.69, 9.17) is 9.47 Å². The molecule has 494 valence electrons. The van der Waals surface area contributed by atoms with Crippen molar-refractivity contribution in [2.45, 2.75) is 416 Å². The molecule has 7 atom stereocenters. The number of amides is 1. The van der Waals surface area contributed by atoms with E-state index in [1.165, 1.54) is 308 Å². The minimum absolute atomic E-state index is 0.252. The fraction of sp³-hybridized carbons (Fsp3) is 0.957. The molecule has 1 amide bonds. The molecule has 0 spiro atoms. The lowest BCUT2D eigenvalue weighted by Gasteiger charge is -2.41. The van der Waals surface area contributed by atoms with E-state index in [2.05, 4.69) is 23.3 Å². The van der Waals surface area contributed by atoms with E-state index in [1.54, 1.807) is 6.08 Å². The highest BCUT2D eigenvalue weighted by molar-refractivity contribution is 7.80. The summed E-state index contributed by atoms with van der Waals surface area (Å²) in [4.78, 5) is 13.2. The summed E-state index contributed by atoms with van der Waals surface area (Å²) in [5.41, 5.74) is 0. The molecule has 6 N–H and O–H groups in total. The molecule has 13 heteroatoms. The molecule has 1 aliphatic heterocycles. The summed E-state index contributed by atoms with van der Waals surface area (Å²) in [7, 11) is -5.09. The Morgan fingerprint density at radius 3 is 1.05 bits per heavy atom. The van der Waals surface area contributed by atoms with E-state index in [0.717, 1.165) is 38.5 Å². The predicted octanol–water partition coefficient (Wildman–Crippen LogP) is 18.9. The Balaban J connectivity index is 2.22. The van der Waals surface area contributed by atoms with Gasteiger partial charge in [0.1, 0.15) is 24.4 Å². The fourth-order valence-corrected chi connectivity index (χ4v) is 12.6. The molecule has 0 saturated carbocycles. The molecular weight excluding hydrogens is 1060 g/mol. The van der Waals surface area contributed by atoms with Gasteiger partial charge in [-0.25, -0.2) is 4.18 Å². The van der Waals surface area contributed by atoms with Crippen molar-refractivity contribution >= 4 is 16.3 Å². The molecule has 0 aromatic rings. The van der Waals surface area contributed by atoms with Gasteiger partial charge in [-0.05, 0) is 19.3 Å². The monoisotopic (exact) mass is 1200 g/mol. The lowest BCUT2D eigenvalue weighted by atomic mass is 9.99. The number of rotatable bonds is 65. The molecule has 0 bridgehead atoms. The van der Waals surface area contributed by atoms with Crippen LogP contribution in [0.4, 0.5) is 0 Å². The summed E-state index contributed by atoms with van der Waals surface area (Å²) >= 11 is 0. The number of ether oxygens (including phenoxy) is 2. The molecule has 1 saturated heterocycles. The Hall–Kier alpha value is -1.16. The van der Waals surface area contributed by atoms with Crippen molar-refractivity contribution in [2.75, 3.05) is 13.2 Å². The highest BCUT2D eigenvalue weighted by atomic mass is 32.3. The summed E-state index contributed by atoms with van der Waals surface area (Å²) in [5.74, 6) is -0.252. The SMILES string of the molecule is CCCCCCCCCCCCCCCCCCCCCCCC/C=C/C(O)C(COC1OC(CO)C(O)C(OS(=O)(=O)O)C1O)NC(=O)CCCCCCCCCCCCCCCCCCCCCCCCCCCCCCCCCC. The molecule has 1 heterocycles. The Morgan fingerprint density at radius 2 is 0.759 bits per heavy atom. The smallest absolute Gasteiger partial charge is 0.394 e. The Kier molecular flexibility index (Phi) is 57.5. The Morgan fingerprint density at radius 1 is 0.470 bits per heavy atom. The van der Waals surface area contributed by atoms with Gasteiger partial charge in [0.2, 0.25) is 5.91 Å². The first kappa shape index (κ1) is 79.9. The van der Waals surface area contributed by atoms with Crippen LogP contribution in [0, 0.1) is 0 Å². The van der Waals surface area contributed by atoms with Gasteiger partial charge >= 0.3 is 10.4 Å². The average Bonchev–Trinajstić information content (AvgIpc) is 3.55. The summed E-state index contributed by atoms with van der Waals surface area (Å²) in [6.45, 7) is 3.47.